The fourth-order valence-electron chi connectivity index (χ4n) is 0.989. The van der Waals surface area contributed by atoms with Gasteiger partial charge in [-0.05, 0) is 24.7 Å². The van der Waals surface area contributed by atoms with E-state index in [0.717, 1.165) is 12.8 Å². The number of hydrogen-bond donors (Lipinski definition) is 0. The minimum absolute atomic E-state index is 0.287. The Morgan fingerprint density at radius 3 is 1.38 bits per heavy atom. The van der Waals surface area contributed by atoms with E-state index in [1.807, 2.05) is 27.7 Å². The average Bonchev–Trinajstić information content (AvgIpc) is 2.20. The second-order valence-electron chi connectivity index (χ2n) is 4.78. The largest absolute Gasteiger partial charge is 0.355 e. The van der Waals surface area contributed by atoms with E-state index in [1.54, 1.807) is 0 Å². The normalized spacial score (nSPS) is 10.6. The Balaban J connectivity index is 3.55. The summed E-state index contributed by atoms with van der Waals surface area (Å²) in [4.78, 5) is 31.0. The molecule has 0 aromatic heterocycles. The maximum Gasteiger partial charge on any atom is 0.355 e. The third kappa shape index (κ3) is 9.49. The lowest BCUT2D eigenvalue weighted by Gasteiger charge is -2.05. The summed E-state index contributed by atoms with van der Waals surface area (Å²) in [6, 6.07) is 0. The van der Waals surface area contributed by atoms with Gasteiger partial charge in [0, 0.05) is 0 Å². The molecule has 0 atom stereocenters. The zero-order valence-corrected chi connectivity index (χ0v) is 10.6. The molecule has 0 amide bonds. The Morgan fingerprint density at radius 2 is 1.12 bits per heavy atom. The fraction of sp³-hybridized carbons (Fsp3) is 0.833. The van der Waals surface area contributed by atoms with E-state index in [9.17, 15) is 9.59 Å². The van der Waals surface area contributed by atoms with Crippen LogP contribution in [0.15, 0.2) is 0 Å². The van der Waals surface area contributed by atoms with E-state index < -0.39 is 11.9 Å². The molecule has 0 saturated carbocycles. The lowest BCUT2D eigenvalue weighted by molar-refractivity contribution is -0.259. The molecule has 0 bridgehead atoms. The van der Waals surface area contributed by atoms with Crippen LogP contribution in [0.4, 0.5) is 0 Å². The molecule has 0 aliphatic carbocycles. The van der Waals surface area contributed by atoms with Crippen molar-refractivity contribution in [3.8, 4) is 0 Å². The topological polar surface area (TPSA) is 52.6 Å². The van der Waals surface area contributed by atoms with Crippen LogP contribution >= 0.6 is 0 Å². The van der Waals surface area contributed by atoms with Crippen molar-refractivity contribution in [2.24, 2.45) is 11.8 Å². The summed E-state index contributed by atoms with van der Waals surface area (Å²) in [5, 5.41) is 0. The molecule has 0 aromatic carbocycles. The van der Waals surface area contributed by atoms with E-state index in [4.69, 9.17) is 0 Å². The van der Waals surface area contributed by atoms with Gasteiger partial charge in [0.1, 0.15) is 0 Å². The Labute approximate surface area is 97.2 Å². The van der Waals surface area contributed by atoms with Crippen LogP contribution in [0.25, 0.3) is 0 Å². The van der Waals surface area contributed by atoms with Gasteiger partial charge in [0.05, 0.1) is 12.8 Å². The maximum atomic E-state index is 11.1. The lowest BCUT2D eigenvalue weighted by atomic mass is 10.1. The molecule has 0 saturated heterocycles. The van der Waals surface area contributed by atoms with Gasteiger partial charge in [-0.25, -0.2) is 19.4 Å². The third-order valence-corrected chi connectivity index (χ3v) is 2.08. The van der Waals surface area contributed by atoms with Crippen LogP contribution in [-0.2, 0) is 19.4 Å². The molecule has 0 fully saturated rings. The molecule has 0 aliphatic rings. The lowest BCUT2D eigenvalue weighted by Crippen LogP contribution is -2.12. The molecule has 0 aliphatic heterocycles. The second kappa shape index (κ2) is 8.13. The molecule has 94 valence electrons. The summed E-state index contributed by atoms with van der Waals surface area (Å²) in [5.74, 6) is -0.0911. The standard InChI is InChI=1S/C12H22O4/c1-9(2)5-7-11(13)15-16-12(14)8-6-10(3)4/h9-10H,5-8H2,1-4H3. The van der Waals surface area contributed by atoms with Gasteiger partial charge in [-0.3, -0.25) is 0 Å². The zero-order valence-electron chi connectivity index (χ0n) is 10.6. The zero-order chi connectivity index (χ0) is 12.6. The van der Waals surface area contributed by atoms with Crippen molar-refractivity contribution in [3.63, 3.8) is 0 Å². The predicted molar refractivity (Wildman–Crippen MR) is 60.3 cm³/mol. The van der Waals surface area contributed by atoms with Crippen molar-refractivity contribution in [2.45, 2.75) is 53.4 Å². The van der Waals surface area contributed by atoms with Crippen LogP contribution in [0.1, 0.15) is 53.4 Å². The molecule has 0 aromatic rings. The number of hydrogen-bond acceptors (Lipinski definition) is 4. The smallest absolute Gasteiger partial charge is 0.247 e. The highest BCUT2D eigenvalue weighted by Gasteiger charge is 2.10. The second-order valence-corrected chi connectivity index (χ2v) is 4.78. The molecular formula is C12H22O4. The van der Waals surface area contributed by atoms with Gasteiger partial charge < -0.3 is 0 Å². The fourth-order valence-corrected chi connectivity index (χ4v) is 0.989. The highest BCUT2D eigenvalue weighted by atomic mass is 17.2. The minimum atomic E-state index is -0.480. The van der Waals surface area contributed by atoms with Crippen molar-refractivity contribution in [3.05, 3.63) is 0 Å². The Hall–Kier alpha value is -1.06. The Kier molecular flexibility index (Phi) is 7.60. The van der Waals surface area contributed by atoms with Crippen molar-refractivity contribution >= 4 is 11.9 Å². The molecule has 4 nitrogen and oxygen atoms in total. The molecule has 0 rings (SSSR count). The maximum absolute atomic E-state index is 11.1. The Bertz CT molecular complexity index is 197. The molecule has 4 heteroatoms. The van der Waals surface area contributed by atoms with Crippen molar-refractivity contribution < 1.29 is 19.4 Å². The molecule has 0 radical (unpaired) electrons. The van der Waals surface area contributed by atoms with Crippen LogP contribution in [0, 0.1) is 11.8 Å². The number of carbonyl (C=O) groups excluding carboxylic acids is 2. The van der Waals surface area contributed by atoms with Crippen LogP contribution in [0.3, 0.4) is 0 Å². The van der Waals surface area contributed by atoms with E-state index in [1.165, 1.54) is 0 Å². The molecular weight excluding hydrogens is 208 g/mol. The summed E-state index contributed by atoms with van der Waals surface area (Å²) in [7, 11) is 0. The number of carbonyl (C=O) groups is 2. The third-order valence-electron chi connectivity index (χ3n) is 2.08. The average molecular weight is 230 g/mol. The predicted octanol–water partition coefficient (Wildman–Crippen LogP) is 2.86. The van der Waals surface area contributed by atoms with E-state index in [-0.39, 0.29) is 12.8 Å². The van der Waals surface area contributed by atoms with Crippen LogP contribution in [0.5, 0.6) is 0 Å². The first kappa shape index (κ1) is 14.9. The first-order valence-corrected chi connectivity index (χ1v) is 5.82. The van der Waals surface area contributed by atoms with Crippen LogP contribution < -0.4 is 0 Å². The van der Waals surface area contributed by atoms with Crippen molar-refractivity contribution in [1.29, 1.82) is 0 Å². The summed E-state index contributed by atoms with van der Waals surface area (Å²) >= 11 is 0. The highest BCUT2D eigenvalue weighted by molar-refractivity contribution is 5.72. The quantitative estimate of drug-likeness (QED) is 0.520. The molecule has 0 heterocycles. The summed E-state index contributed by atoms with van der Waals surface area (Å²) in [5.41, 5.74) is 0. The molecule has 0 spiro atoms. The van der Waals surface area contributed by atoms with E-state index >= 15 is 0 Å². The van der Waals surface area contributed by atoms with Gasteiger partial charge >= 0.3 is 11.9 Å². The number of rotatable bonds is 6. The van der Waals surface area contributed by atoms with Crippen LogP contribution in [-0.4, -0.2) is 11.9 Å². The molecule has 0 unspecified atom stereocenters. The molecule has 16 heavy (non-hydrogen) atoms. The minimum Gasteiger partial charge on any atom is -0.247 e. The van der Waals surface area contributed by atoms with E-state index in [0.29, 0.717) is 11.8 Å². The molecule has 0 N–H and O–H groups in total. The van der Waals surface area contributed by atoms with Gasteiger partial charge in [-0.15, -0.1) is 0 Å². The van der Waals surface area contributed by atoms with Gasteiger partial charge in [-0.2, -0.15) is 0 Å². The summed E-state index contributed by atoms with van der Waals surface area (Å²) in [6.07, 6.45) is 2.05. The van der Waals surface area contributed by atoms with Gasteiger partial charge in [0.25, 0.3) is 0 Å². The first-order chi connectivity index (χ1) is 7.41. The summed E-state index contributed by atoms with van der Waals surface area (Å²) < 4.78 is 0. The monoisotopic (exact) mass is 230 g/mol. The van der Waals surface area contributed by atoms with Gasteiger partial charge in [0.15, 0.2) is 0 Å². The first-order valence-electron chi connectivity index (χ1n) is 5.82. The van der Waals surface area contributed by atoms with Gasteiger partial charge in [-0.1, -0.05) is 27.7 Å². The summed E-state index contributed by atoms with van der Waals surface area (Å²) in [6.45, 7) is 8.06. The highest BCUT2D eigenvalue weighted by Crippen LogP contribution is 2.07. The SMILES string of the molecule is CC(C)CCC(=O)OOC(=O)CCC(C)C. The van der Waals surface area contributed by atoms with Crippen molar-refractivity contribution in [2.75, 3.05) is 0 Å². The van der Waals surface area contributed by atoms with Crippen molar-refractivity contribution in [1.82, 2.24) is 0 Å². The van der Waals surface area contributed by atoms with Gasteiger partial charge in [0.2, 0.25) is 0 Å². The van der Waals surface area contributed by atoms with E-state index in [2.05, 4.69) is 9.78 Å². The Morgan fingerprint density at radius 1 is 0.812 bits per heavy atom. The van der Waals surface area contributed by atoms with Crippen LogP contribution in [0.2, 0.25) is 0 Å².